The lowest BCUT2D eigenvalue weighted by atomic mass is 10.3. The van der Waals surface area contributed by atoms with Crippen molar-refractivity contribution in [3.63, 3.8) is 0 Å². The Morgan fingerprint density at radius 2 is 2.20 bits per heavy atom. The number of pyridine rings is 1. The van der Waals surface area contributed by atoms with E-state index in [4.69, 9.17) is 4.74 Å². The van der Waals surface area contributed by atoms with Gasteiger partial charge < -0.3 is 15.0 Å². The number of methoxy groups -OCH3 is 1. The van der Waals surface area contributed by atoms with E-state index >= 15 is 0 Å². The molecule has 0 radical (unpaired) electrons. The Hall–Kier alpha value is -1.89. The fourth-order valence-electron chi connectivity index (χ4n) is 1.62. The molecule has 0 unspecified atom stereocenters. The summed E-state index contributed by atoms with van der Waals surface area (Å²) in [5, 5.41) is 13.9. The summed E-state index contributed by atoms with van der Waals surface area (Å²) in [5.41, 5.74) is -0.0389. The number of anilines is 1. The third kappa shape index (κ3) is 4.65. The first-order valence-electron chi connectivity index (χ1n) is 6.59. The van der Waals surface area contributed by atoms with Gasteiger partial charge in [0.15, 0.2) is 0 Å². The van der Waals surface area contributed by atoms with Gasteiger partial charge >= 0.3 is 5.69 Å². The first kappa shape index (κ1) is 16.2. The van der Waals surface area contributed by atoms with Gasteiger partial charge in [-0.05, 0) is 33.9 Å². The zero-order valence-electron chi connectivity index (χ0n) is 12.4. The van der Waals surface area contributed by atoms with E-state index in [1.54, 1.807) is 0 Å². The van der Waals surface area contributed by atoms with E-state index in [1.165, 1.54) is 19.2 Å². The molecule has 0 bridgehead atoms. The molecule has 0 amide bonds. The van der Waals surface area contributed by atoms with Gasteiger partial charge in [-0.2, -0.15) is 4.98 Å². The van der Waals surface area contributed by atoms with Gasteiger partial charge in [0.2, 0.25) is 11.7 Å². The standard InChI is InChI=1S/C13H22N4O3/c1-10(2)16(3)9-5-8-14-13-11(17(18)19)6-7-12(15-13)20-4/h6-7,10H,5,8-9H2,1-4H3,(H,14,15). The average Bonchev–Trinajstić information content (AvgIpc) is 2.42. The van der Waals surface area contributed by atoms with Gasteiger partial charge in [-0.3, -0.25) is 10.1 Å². The summed E-state index contributed by atoms with van der Waals surface area (Å²) in [6.45, 7) is 5.80. The van der Waals surface area contributed by atoms with Crippen molar-refractivity contribution < 1.29 is 9.66 Å². The van der Waals surface area contributed by atoms with Crippen LogP contribution in [0.5, 0.6) is 5.88 Å². The van der Waals surface area contributed by atoms with Gasteiger partial charge in [0, 0.05) is 24.7 Å². The van der Waals surface area contributed by atoms with E-state index in [-0.39, 0.29) is 11.5 Å². The first-order chi connectivity index (χ1) is 9.45. The Kier molecular flexibility index (Phi) is 6.17. The van der Waals surface area contributed by atoms with Crippen molar-refractivity contribution in [1.29, 1.82) is 0 Å². The summed E-state index contributed by atoms with van der Waals surface area (Å²) < 4.78 is 4.98. The van der Waals surface area contributed by atoms with E-state index in [2.05, 4.69) is 36.1 Å². The highest BCUT2D eigenvalue weighted by atomic mass is 16.6. The minimum Gasteiger partial charge on any atom is -0.481 e. The molecule has 1 aromatic heterocycles. The highest BCUT2D eigenvalue weighted by molar-refractivity contribution is 5.56. The lowest BCUT2D eigenvalue weighted by Crippen LogP contribution is -2.28. The zero-order valence-corrected chi connectivity index (χ0v) is 12.4. The van der Waals surface area contributed by atoms with Crippen molar-refractivity contribution in [3.05, 3.63) is 22.2 Å². The van der Waals surface area contributed by atoms with Crippen molar-refractivity contribution in [3.8, 4) is 5.88 Å². The highest BCUT2D eigenvalue weighted by Gasteiger charge is 2.16. The fourth-order valence-corrected chi connectivity index (χ4v) is 1.62. The maximum atomic E-state index is 10.9. The quantitative estimate of drug-likeness (QED) is 0.447. The van der Waals surface area contributed by atoms with Crippen LogP contribution in [0.15, 0.2) is 12.1 Å². The van der Waals surface area contributed by atoms with Crippen LogP contribution in [0.4, 0.5) is 11.5 Å². The number of ether oxygens (including phenoxy) is 1. The van der Waals surface area contributed by atoms with Gasteiger partial charge in [0.1, 0.15) is 0 Å². The normalized spacial score (nSPS) is 10.9. The Labute approximate surface area is 119 Å². The topological polar surface area (TPSA) is 80.5 Å². The molecule has 0 fully saturated rings. The number of nitrogens with one attached hydrogen (secondary N) is 1. The molecule has 7 nitrogen and oxygen atoms in total. The molecule has 0 saturated heterocycles. The Balaban J connectivity index is 2.60. The molecule has 0 saturated carbocycles. The van der Waals surface area contributed by atoms with Gasteiger partial charge in [0.25, 0.3) is 0 Å². The lowest BCUT2D eigenvalue weighted by Gasteiger charge is -2.20. The van der Waals surface area contributed by atoms with E-state index in [0.29, 0.717) is 18.5 Å². The first-order valence-corrected chi connectivity index (χ1v) is 6.59. The fraction of sp³-hybridized carbons (Fsp3) is 0.615. The molecule has 20 heavy (non-hydrogen) atoms. The number of hydrogen-bond donors (Lipinski definition) is 1. The molecule has 0 aliphatic carbocycles. The number of aromatic nitrogens is 1. The summed E-state index contributed by atoms with van der Waals surface area (Å²) in [4.78, 5) is 16.8. The van der Waals surface area contributed by atoms with Gasteiger partial charge in [-0.25, -0.2) is 0 Å². The minimum atomic E-state index is -0.449. The molecule has 0 atom stereocenters. The third-order valence-corrected chi connectivity index (χ3v) is 3.12. The van der Waals surface area contributed by atoms with E-state index < -0.39 is 4.92 Å². The molecule has 112 valence electrons. The molecule has 0 aliphatic rings. The summed E-state index contributed by atoms with van der Waals surface area (Å²) in [7, 11) is 3.53. The Morgan fingerprint density at radius 1 is 1.50 bits per heavy atom. The SMILES string of the molecule is COc1ccc([N+](=O)[O-])c(NCCCN(C)C(C)C)n1. The largest absolute Gasteiger partial charge is 0.481 e. The van der Waals surface area contributed by atoms with Crippen LogP contribution in [-0.4, -0.2) is 48.1 Å². The Bertz CT molecular complexity index is 451. The predicted octanol–water partition coefficient (Wildman–Crippen LogP) is 2.14. The minimum absolute atomic E-state index is 0.0389. The molecule has 1 heterocycles. The molecular formula is C13H22N4O3. The van der Waals surface area contributed by atoms with Crippen LogP contribution in [0.1, 0.15) is 20.3 Å². The molecule has 7 heteroatoms. The maximum absolute atomic E-state index is 10.9. The monoisotopic (exact) mass is 282 g/mol. The van der Waals surface area contributed by atoms with Crippen molar-refractivity contribution in [2.75, 3.05) is 32.6 Å². The van der Waals surface area contributed by atoms with E-state index in [0.717, 1.165) is 13.0 Å². The molecule has 0 aromatic carbocycles. The molecule has 0 aliphatic heterocycles. The number of rotatable bonds is 8. The van der Waals surface area contributed by atoms with Crippen molar-refractivity contribution in [2.45, 2.75) is 26.3 Å². The second kappa shape index (κ2) is 7.64. The van der Waals surface area contributed by atoms with Gasteiger partial charge in [-0.15, -0.1) is 0 Å². The van der Waals surface area contributed by atoms with Crippen molar-refractivity contribution >= 4 is 11.5 Å². The van der Waals surface area contributed by atoms with Gasteiger partial charge in [0.05, 0.1) is 12.0 Å². The summed E-state index contributed by atoms with van der Waals surface area (Å²) in [5.74, 6) is 0.610. The maximum Gasteiger partial charge on any atom is 0.311 e. The second-order valence-corrected chi connectivity index (χ2v) is 4.83. The lowest BCUT2D eigenvalue weighted by molar-refractivity contribution is -0.384. The smallest absolute Gasteiger partial charge is 0.311 e. The number of nitrogens with zero attached hydrogens (tertiary/aromatic N) is 3. The molecular weight excluding hydrogens is 260 g/mol. The number of hydrogen-bond acceptors (Lipinski definition) is 6. The van der Waals surface area contributed by atoms with Crippen LogP contribution in [0, 0.1) is 10.1 Å². The summed E-state index contributed by atoms with van der Waals surface area (Å²) >= 11 is 0. The third-order valence-electron chi connectivity index (χ3n) is 3.12. The van der Waals surface area contributed by atoms with E-state index in [1.807, 2.05) is 0 Å². The van der Waals surface area contributed by atoms with Crippen LogP contribution in [0.3, 0.4) is 0 Å². The van der Waals surface area contributed by atoms with Crippen molar-refractivity contribution in [1.82, 2.24) is 9.88 Å². The second-order valence-electron chi connectivity index (χ2n) is 4.83. The summed E-state index contributed by atoms with van der Waals surface area (Å²) in [6.07, 6.45) is 0.880. The van der Waals surface area contributed by atoms with Crippen LogP contribution < -0.4 is 10.1 Å². The van der Waals surface area contributed by atoms with Crippen LogP contribution >= 0.6 is 0 Å². The molecule has 0 spiro atoms. The zero-order chi connectivity index (χ0) is 15.1. The van der Waals surface area contributed by atoms with Crippen LogP contribution in [-0.2, 0) is 0 Å². The summed E-state index contributed by atoms with van der Waals surface area (Å²) in [6, 6.07) is 3.36. The molecule has 1 rings (SSSR count). The highest BCUT2D eigenvalue weighted by Crippen LogP contribution is 2.24. The predicted molar refractivity (Wildman–Crippen MR) is 78.3 cm³/mol. The van der Waals surface area contributed by atoms with Gasteiger partial charge in [-0.1, -0.05) is 0 Å². The van der Waals surface area contributed by atoms with Crippen LogP contribution in [0.2, 0.25) is 0 Å². The average molecular weight is 282 g/mol. The molecule has 1 aromatic rings. The Morgan fingerprint density at radius 3 is 2.75 bits per heavy atom. The van der Waals surface area contributed by atoms with Crippen molar-refractivity contribution in [2.24, 2.45) is 0 Å². The number of nitro groups is 1. The molecule has 1 N–H and O–H groups in total. The van der Waals surface area contributed by atoms with Crippen LogP contribution in [0.25, 0.3) is 0 Å². The van der Waals surface area contributed by atoms with E-state index in [9.17, 15) is 10.1 Å².